The van der Waals surface area contributed by atoms with E-state index in [4.69, 9.17) is 9.47 Å². The van der Waals surface area contributed by atoms with E-state index >= 15 is 0 Å². The number of nitrogens with one attached hydrogen (secondary N) is 2. The molecular formula is C22H37N3O3. The molecule has 2 rings (SSSR count). The molecule has 0 aliphatic carbocycles. The number of likely N-dealkylation sites (tertiary alicyclic amines) is 1. The SMILES string of the molecule is COc1ccc(CNCCCCCNC(=O)CCN2CCCCC2)cc1OC. The van der Waals surface area contributed by atoms with Gasteiger partial charge in [0.25, 0.3) is 0 Å². The molecule has 0 aromatic heterocycles. The number of amides is 1. The summed E-state index contributed by atoms with van der Waals surface area (Å²) < 4.78 is 10.6. The highest BCUT2D eigenvalue weighted by molar-refractivity contribution is 5.75. The van der Waals surface area contributed by atoms with Crippen molar-refractivity contribution in [3.8, 4) is 11.5 Å². The molecule has 6 nitrogen and oxygen atoms in total. The normalized spacial score (nSPS) is 14.6. The molecule has 6 heteroatoms. The van der Waals surface area contributed by atoms with Gasteiger partial charge in [-0.15, -0.1) is 0 Å². The van der Waals surface area contributed by atoms with E-state index in [0.717, 1.165) is 70.0 Å². The molecule has 0 bridgehead atoms. The first-order valence-electron chi connectivity index (χ1n) is 10.6. The lowest BCUT2D eigenvalue weighted by molar-refractivity contribution is -0.121. The summed E-state index contributed by atoms with van der Waals surface area (Å²) in [6.45, 7) is 5.79. The van der Waals surface area contributed by atoms with E-state index < -0.39 is 0 Å². The fourth-order valence-corrected chi connectivity index (χ4v) is 3.53. The molecule has 0 spiro atoms. The lowest BCUT2D eigenvalue weighted by atomic mass is 10.1. The summed E-state index contributed by atoms with van der Waals surface area (Å²) in [5.41, 5.74) is 1.18. The minimum atomic E-state index is 0.192. The maximum atomic E-state index is 11.9. The lowest BCUT2D eigenvalue weighted by Gasteiger charge is -2.25. The number of carbonyl (C=O) groups is 1. The molecule has 0 saturated carbocycles. The van der Waals surface area contributed by atoms with Gasteiger partial charge in [-0.3, -0.25) is 4.79 Å². The molecule has 1 aliphatic heterocycles. The van der Waals surface area contributed by atoms with Crippen molar-refractivity contribution < 1.29 is 14.3 Å². The van der Waals surface area contributed by atoms with Crippen LogP contribution in [-0.2, 0) is 11.3 Å². The average molecular weight is 392 g/mol. The fourth-order valence-electron chi connectivity index (χ4n) is 3.53. The molecule has 1 aliphatic rings. The molecule has 1 amide bonds. The lowest BCUT2D eigenvalue weighted by Crippen LogP contribution is -2.34. The van der Waals surface area contributed by atoms with E-state index in [1.54, 1.807) is 14.2 Å². The zero-order valence-corrected chi connectivity index (χ0v) is 17.6. The first-order chi connectivity index (χ1) is 13.7. The van der Waals surface area contributed by atoms with Crippen molar-refractivity contribution in [1.82, 2.24) is 15.5 Å². The highest BCUT2D eigenvalue weighted by Crippen LogP contribution is 2.27. The van der Waals surface area contributed by atoms with Crippen LogP contribution in [0.4, 0.5) is 0 Å². The number of hydrogen-bond acceptors (Lipinski definition) is 5. The number of rotatable bonds is 13. The molecule has 0 radical (unpaired) electrons. The van der Waals surface area contributed by atoms with Crippen LogP contribution >= 0.6 is 0 Å². The second-order valence-electron chi connectivity index (χ2n) is 7.43. The summed E-state index contributed by atoms with van der Waals surface area (Å²) in [4.78, 5) is 14.3. The molecule has 1 aromatic carbocycles. The monoisotopic (exact) mass is 391 g/mol. The quantitative estimate of drug-likeness (QED) is 0.506. The number of nitrogens with zero attached hydrogens (tertiary/aromatic N) is 1. The van der Waals surface area contributed by atoms with Crippen LogP contribution in [0.3, 0.4) is 0 Å². The van der Waals surface area contributed by atoms with Gasteiger partial charge in [-0.1, -0.05) is 18.9 Å². The number of benzene rings is 1. The highest BCUT2D eigenvalue weighted by Gasteiger charge is 2.11. The van der Waals surface area contributed by atoms with Crippen molar-refractivity contribution >= 4 is 5.91 Å². The average Bonchev–Trinajstić information content (AvgIpc) is 2.74. The first-order valence-corrected chi connectivity index (χ1v) is 10.6. The third-order valence-electron chi connectivity index (χ3n) is 5.23. The zero-order valence-electron chi connectivity index (χ0n) is 17.6. The largest absolute Gasteiger partial charge is 0.493 e. The minimum absolute atomic E-state index is 0.192. The summed E-state index contributed by atoms with van der Waals surface area (Å²) in [5, 5.41) is 6.51. The Hall–Kier alpha value is -1.79. The van der Waals surface area contributed by atoms with E-state index in [1.165, 1.54) is 24.8 Å². The molecule has 28 heavy (non-hydrogen) atoms. The van der Waals surface area contributed by atoms with E-state index in [9.17, 15) is 4.79 Å². The van der Waals surface area contributed by atoms with Crippen LogP contribution in [0.25, 0.3) is 0 Å². The number of carbonyl (C=O) groups excluding carboxylic acids is 1. The van der Waals surface area contributed by atoms with Gasteiger partial charge in [0.2, 0.25) is 5.91 Å². The van der Waals surface area contributed by atoms with Gasteiger partial charge in [-0.05, 0) is 63.0 Å². The van der Waals surface area contributed by atoms with Crippen molar-refractivity contribution in [2.45, 2.75) is 51.5 Å². The van der Waals surface area contributed by atoms with E-state index in [2.05, 4.69) is 15.5 Å². The molecule has 1 saturated heterocycles. The van der Waals surface area contributed by atoms with Gasteiger partial charge in [-0.25, -0.2) is 0 Å². The fraction of sp³-hybridized carbons (Fsp3) is 0.682. The van der Waals surface area contributed by atoms with Gasteiger partial charge < -0.3 is 25.0 Å². The van der Waals surface area contributed by atoms with Crippen LogP contribution in [0.1, 0.15) is 50.5 Å². The van der Waals surface area contributed by atoms with Crippen molar-refractivity contribution in [1.29, 1.82) is 0 Å². The van der Waals surface area contributed by atoms with E-state index in [1.807, 2.05) is 18.2 Å². The van der Waals surface area contributed by atoms with Gasteiger partial charge in [0.05, 0.1) is 14.2 Å². The molecular weight excluding hydrogens is 354 g/mol. The van der Waals surface area contributed by atoms with Gasteiger partial charge >= 0.3 is 0 Å². The topological polar surface area (TPSA) is 62.8 Å². The van der Waals surface area contributed by atoms with Crippen molar-refractivity contribution in [3.05, 3.63) is 23.8 Å². The molecule has 2 N–H and O–H groups in total. The number of hydrogen-bond donors (Lipinski definition) is 2. The molecule has 1 fully saturated rings. The Morgan fingerprint density at radius 3 is 2.50 bits per heavy atom. The van der Waals surface area contributed by atoms with E-state index in [0.29, 0.717) is 6.42 Å². The summed E-state index contributed by atoms with van der Waals surface area (Å²) >= 11 is 0. The Kier molecular flexibility index (Phi) is 10.8. The highest BCUT2D eigenvalue weighted by atomic mass is 16.5. The number of methoxy groups -OCH3 is 2. The Morgan fingerprint density at radius 1 is 1.00 bits per heavy atom. The summed E-state index contributed by atoms with van der Waals surface area (Å²) in [6.07, 6.45) is 7.79. The Morgan fingerprint density at radius 2 is 1.75 bits per heavy atom. The maximum Gasteiger partial charge on any atom is 0.221 e. The van der Waals surface area contributed by atoms with Gasteiger partial charge in [0.15, 0.2) is 11.5 Å². The minimum Gasteiger partial charge on any atom is -0.493 e. The third kappa shape index (κ3) is 8.48. The summed E-state index contributed by atoms with van der Waals surface area (Å²) in [7, 11) is 3.30. The van der Waals surface area contributed by atoms with Crippen LogP contribution in [0.2, 0.25) is 0 Å². The van der Waals surface area contributed by atoms with Gasteiger partial charge in [-0.2, -0.15) is 0 Å². The van der Waals surface area contributed by atoms with Crippen molar-refractivity contribution in [2.24, 2.45) is 0 Å². The van der Waals surface area contributed by atoms with Crippen LogP contribution in [-0.4, -0.2) is 57.8 Å². The van der Waals surface area contributed by atoms with Gasteiger partial charge in [0, 0.05) is 26.1 Å². The van der Waals surface area contributed by atoms with Crippen LogP contribution in [0, 0.1) is 0 Å². The predicted octanol–water partition coefficient (Wildman–Crippen LogP) is 2.96. The molecule has 158 valence electrons. The van der Waals surface area contributed by atoms with Gasteiger partial charge in [0.1, 0.15) is 0 Å². The van der Waals surface area contributed by atoms with Crippen LogP contribution in [0.5, 0.6) is 11.5 Å². The molecule has 1 heterocycles. The standard InChI is InChI=1S/C22H37N3O3/c1-27-20-10-9-19(17-21(20)28-2)18-23-12-5-3-6-13-24-22(26)11-16-25-14-7-4-8-15-25/h9-10,17,23H,3-8,11-16,18H2,1-2H3,(H,24,26). The molecule has 0 atom stereocenters. The van der Waals surface area contributed by atoms with E-state index in [-0.39, 0.29) is 5.91 Å². The smallest absolute Gasteiger partial charge is 0.221 e. The second kappa shape index (κ2) is 13.4. The van der Waals surface area contributed by atoms with Crippen LogP contribution in [0.15, 0.2) is 18.2 Å². The molecule has 1 aromatic rings. The Bertz CT molecular complexity index is 574. The van der Waals surface area contributed by atoms with Crippen molar-refractivity contribution in [2.75, 3.05) is 46.9 Å². The first kappa shape index (κ1) is 22.5. The number of unbranched alkanes of at least 4 members (excludes halogenated alkanes) is 2. The second-order valence-corrected chi connectivity index (χ2v) is 7.43. The Balaban J connectivity index is 1.45. The van der Waals surface area contributed by atoms with Crippen LogP contribution < -0.4 is 20.1 Å². The maximum absolute atomic E-state index is 11.9. The van der Waals surface area contributed by atoms with Crippen molar-refractivity contribution in [3.63, 3.8) is 0 Å². The molecule has 0 unspecified atom stereocenters. The predicted molar refractivity (Wildman–Crippen MR) is 113 cm³/mol. The third-order valence-corrected chi connectivity index (χ3v) is 5.23. The number of ether oxygens (including phenoxy) is 2. The summed E-state index contributed by atoms with van der Waals surface area (Å²) in [6, 6.07) is 5.99. The number of piperidine rings is 1. The summed E-state index contributed by atoms with van der Waals surface area (Å²) in [5.74, 6) is 1.71. The zero-order chi connectivity index (χ0) is 20.0. The Labute approximate surface area is 170 Å².